The van der Waals surface area contributed by atoms with Gasteiger partial charge in [-0.15, -0.1) is 0 Å². The summed E-state index contributed by atoms with van der Waals surface area (Å²) in [4.78, 5) is 14.1. The van der Waals surface area contributed by atoms with Crippen LogP contribution >= 0.6 is 0 Å². The summed E-state index contributed by atoms with van der Waals surface area (Å²) in [5.74, 6) is 0.462. The molecule has 0 aliphatic carbocycles. The van der Waals surface area contributed by atoms with Crippen molar-refractivity contribution in [3.05, 3.63) is 70.8 Å². The molecule has 0 unspecified atom stereocenters. The van der Waals surface area contributed by atoms with Gasteiger partial charge < -0.3 is 4.90 Å². The number of benzene rings is 2. The average Bonchev–Trinajstić information content (AvgIpc) is 2.54. The summed E-state index contributed by atoms with van der Waals surface area (Å²) in [6.07, 6.45) is 0. The molecular formula is C19H20N2O. The highest BCUT2D eigenvalue weighted by Gasteiger charge is 2.12. The highest BCUT2D eigenvalue weighted by molar-refractivity contribution is 5.94. The van der Waals surface area contributed by atoms with Crippen LogP contribution < -0.4 is 0 Å². The minimum atomic E-state index is -0.0441. The molecule has 0 radical (unpaired) electrons. The van der Waals surface area contributed by atoms with Crippen molar-refractivity contribution in [3.8, 4) is 6.07 Å². The van der Waals surface area contributed by atoms with Crippen LogP contribution in [0.5, 0.6) is 0 Å². The summed E-state index contributed by atoms with van der Waals surface area (Å²) < 4.78 is 0. The first-order valence-electron chi connectivity index (χ1n) is 7.35. The van der Waals surface area contributed by atoms with E-state index in [-0.39, 0.29) is 5.91 Å². The summed E-state index contributed by atoms with van der Waals surface area (Å²) in [5.41, 5.74) is 3.56. The molecule has 2 rings (SSSR count). The van der Waals surface area contributed by atoms with E-state index in [4.69, 9.17) is 5.26 Å². The van der Waals surface area contributed by atoms with Crippen molar-refractivity contribution in [2.75, 3.05) is 7.05 Å². The number of rotatable bonds is 4. The molecule has 0 bridgehead atoms. The summed E-state index contributed by atoms with van der Waals surface area (Å²) in [6, 6.07) is 17.1. The summed E-state index contributed by atoms with van der Waals surface area (Å²) in [6.45, 7) is 4.89. The molecule has 0 spiro atoms. The molecule has 0 fully saturated rings. The smallest absolute Gasteiger partial charge is 0.253 e. The number of nitrogens with zero attached hydrogens (tertiary/aromatic N) is 2. The second kappa shape index (κ2) is 6.91. The van der Waals surface area contributed by atoms with E-state index in [0.717, 1.165) is 5.56 Å². The van der Waals surface area contributed by atoms with Crippen molar-refractivity contribution in [2.45, 2.75) is 26.3 Å². The van der Waals surface area contributed by atoms with Crippen LogP contribution in [0.4, 0.5) is 0 Å². The Morgan fingerprint density at radius 3 is 2.18 bits per heavy atom. The molecule has 0 heterocycles. The van der Waals surface area contributed by atoms with Crippen LogP contribution in [0.3, 0.4) is 0 Å². The molecule has 3 heteroatoms. The number of amides is 1. The SMILES string of the molecule is CC(C)c1ccc(CN(C)C(=O)c2ccc(C#N)cc2)cc1. The van der Waals surface area contributed by atoms with Crippen LogP contribution in [0.25, 0.3) is 0 Å². The average molecular weight is 292 g/mol. The fourth-order valence-corrected chi connectivity index (χ4v) is 2.26. The minimum Gasteiger partial charge on any atom is -0.337 e. The van der Waals surface area contributed by atoms with Crippen molar-refractivity contribution in [2.24, 2.45) is 0 Å². The first-order valence-corrected chi connectivity index (χ1v) is 7.35. The molecule has 3 nitrogen and oxygen atoms in total. The Labute approximate surface area is 131 Å². The molecule has 0 saturated heterocycles. The predicted molar refractivity (Wildman–Crippen MR) is 87.5 cm³/mol. The summed E-state index contributed by atoms with van der Waals surface area (Å²) >= 11 is 0. The topological polar surface area (TPSA) is 44.1 Å². The van der Waals surface area contributed by atoms with E-state index in [1.165, 1.54) is 5.56 Å². The van der Waals surface area contributed by atoms with Crippen LogP contribution in [-0.2, 0) is 6.54 Å². The number of hydrogen-bond acceptors (Lipinski definition) is 2. The molecule has 112 valence electrons. The molecule has 2 aromatic carbocycles. The highest BCUT2D eigenvalue weighted by atomic mass is 16.2. The van der Waals surface area contributed by atoms with Crippen molar-refractivity contribution < 1.29 is 4.79 Å². The lowest BCUT2D eigenvalue weighted by atomic mass is 10.0. The molecule has 0 aromatic heterocycles. The van der Waals surface area contributed by atoms with E-state index in [9.17, 15) is 4.79 Å². The third-order valence-corrected chi connectivity index (χ3v) is 3.67. The van der Waals surface area contributed by atoms with Gasteiger partial charge in [-0.1, -0.05) is 38.1 Å². The van der Waals surface area contributed by atoms with Gasteiger partial charge in [0.05, 0.1) is 11.6 Å². The first-order chi connectivity index (χ1) is 10.5. The Morgan fingerprint density at radius 1 is 1.09 bits per heavy atom. The third-order valence-electron chi connectivity index (χ3n) is 3.67. The Balaban J connectivity index is 2.05. The zero-order chi connectivity index (χ0) is 16.1. The van der Waals surface area contributed by atoms with Gasteiger partial charge in [-0.3, -0.25) is 4.79 Å². The van der Waals surface area contributed by atoms with Crippen LogP contribution in [0.1, 0.15) is 46.8 Å². The van der Waals surface area contributed by atoms with Crippen LogP contribution in [0, 0.1) is 11.3 Å². The quantitative estimate of drug-likeness (QED) is 0.856. The zero-order valence-corrected chi connectivity index (χ0v) is 13.2. The molecule has 0 N–H and O–H groups in total. The number of hydrogen-bond donors (Lipinski definition) is 0. The fraction of sp³-hybridized carbons (Fsp3) is 0.263. The molecule has 22 heavy (non-hydrogen) atoms. The van der Waals surface area contributed by atoms with Crippen LogP contribution in [0.15, 0.2) is 48.5 Å². The minimum absolute atomic E-state index is 0.0441. The van der Waals surface area contributed by atoms with Gasteiger partial charge in [-0.05, 0) is 41.3 Å². The van der Waals surface area contributed by atoms with E-state index in [1.807, 2.05) is 0 Å². The van der Waals surface area contributed by atoms with Gasteiger partial charge in [0, 0.05) is 19.2 Å². The second-order valence-corrected chi connectivity index (χ2v) is 5.75. The Morgan fingerprint density at radius 2 is 1.68 bits per heavy atom. The van der Waals surface area contributed by atoms with E-state index in [1.54, 1.807) is 36.2 Å². The monoisotopic (exact) mass is 292 g/mol. The summed E-state index contributed by atoms with van der Waals surface area (Å²) in [7, 11) is 1.79. The molecular weight excluding hydrogens is 272 g/mol. The molecule has 0 saturated carbocycles. The molecule has 0 atom stereocenters. The number of carbonyl (C=O) groups excluding carboxylic acids is 1. The first kappa shape index (κ1) is 15.8. The molecule has 0 aliphatic heterocycles. The lowest BCUT2D eigenvalue weighted by molar-refractivity contribution is 0.0785. The van der Waals surface area contributed by atoms with Gasteiger partial charge in [0.2, 0.25) is 0 Å². The maximum absolute atomic E-state index is 12.4. The molecule has 1 amide bonds. The number of nitriles is 1. The summed E-state index contributed by atoms with van der Waals surface area (Å²) in [5, 5.41) is 8.79. The van der Waals surface area contributed by atoms with Gasteiger partial charge in [0.15, 0.2) is 0 Å². The Kier molecular flexibility index (Phi) is 4.95. The Hall–Kier alpha value is -2.60. The van der Waals surface area contributed by atoms with E-state index in [2.05, 4.69) is 44.2 Å². The number of carbonyl (C=O) groups is 1. The molecule has 2 aromatic rings. The van der Waals surface area contributed by atoms with Crippen LogP contribution in [-0.4, -0.2) is 17.9 Å². The third kappa shape index (κ3) is 3.73. The van der Waals surface area contributed by atoms with E-state index < -0.39 is 0 Å². The van der Waals surface area contributed by atoms with E-state index in [0.29, 0.717) is 23.6 Å². The molecule has 0 aliphatic rings. The standard InChI is InChI=1S/C19H20N2O/c1-14(2)17-8-6-16(7-9-17)13-21(3)19(22)18-10-4-15(12-20)5-11-18/h4-11,14H,13H2,1-3H3. The van der Waals surface area contributed by atoms with Crippen molar-refractivity contribution in [1.29, 1.82) is 5.26 Å². The lowest BCUT2D eigenvalue weighted by Gasteiger charge is -2.18. The second-order valence-electron chi connectivity index (χ2n) is 5.75. The van der Waals surface area contributed by atoms with Crippen molar-refractivity contribution in [3.63, 3.8) is 0 Å². The van der Waals surface area contributed by atoms with Crippen LogP contribution in [0.2, 0.25) is 0 Å². The van der Waals surface area contributed by atoms with Gasteiger partial charge in [-0.25, -0.2) is 0 Å². The van der Waals surface area contributed by atoms with Crippen molar-refractivity contribution in [1.82, 2.24) is 4.90 Å². The van der Waals surface area contributed by atoms with Gasteiger partial charge >= 0.3 is 0 Å². The largest absolute Gasteiger partial charge is 0.337 e. The Bertz CT molecular complexity index is 679. The maximum atomic E-state index is 12.4. The van der Waals surface area contributed by atoms with Gasteiger partial charge in [0.1, 0.15) is 0 Å². The van der Waals surface area contributed by atoms with Gasteiger partial charge in [-0.2, -0.15) is 5.26 Å². The normalized spacial score (nSPS) is 10.3. The highest BCUT2D eigenvalue weighted by Crippen LogP contribution is 2.16. The predicted octanol–water partition coefficient (Wildman–Crippen LogP) is 3.95. The van der Waals surface area contributed by atoms with Gasteiger partial charge in [0.25, 0.3) is 5.91 Å². The van der Waals surface area contributed by atoms with E-state index >= 15 is 0 Å². The maximum Gasteiger partial charge on any atom is 0.253 e. The van der Waals surface area contributed by atoms with Crippen molar-refractivity contribution >= 4 is 5.91 Å². The zero-order valence-electron chi connectivity index (χ0n) is 13.2. The fourth-order valence-electron chi connectivity index (χ4n) is 2.26. The lowest BCUT2D eigenvalue weighted by Crippen LogP contribution is -2.26.